The molecule has 2 aliphatic heterocycles. The van der Waals surface area contributed by atoms with Gasteiger partial charge >= 0.3 is 0 Å². The predicted octanol–water partition coefficient (Wildman–Crippen LogP) is 2.36. The number of methoxy groups -OCH3 is 1. The normalized spacial score (nSPS) is 23.2. The van der Waals surface area contributed by atoms with Crippen molar-refractivity contribution < 1.29 is 14.3 Å². The average molecular weight is 422 g/mol. The van der Waals surface area contributed by atoms with E-state index in [1.807, 2.05) is 29.2 Å². The van der Waals surface area contributed by atoms with Crippen LogP contribution in [0.25, 0.3) is 0 Å². The van der Waals surface area contributed by atoms with Crippen molar-refractivity contribution in [3.63, 3.8) is 0 Å². The van der Waals surface area contributed by atoms with Crippen molar-refractivity contribution in [3.05, 3.63) is 29.8 Å². The molecule has 1 aliphatic carbocycles. The molecule has 0 aromatic heterocycles. The summed E-state index contributed by atoms with van der Waals surface area (Å²) in [6.07, 6.45) is 4.86. The minimum atomic E-state index is 0. The summed E-state index contributed by atoms with van der Waals surface area (Å²) in [5.41, 5.74) is 1.34. The molecule has 0 radical (unpaired) electrons. The number of halogens is 1. The first kappa shape index (κ1) is 21.9. The second-order valence-corrected chi connectivity index (χ2v) is 8.53. The van der Waals surface area contributed by atoms with Gasteiger partial charge in [0, 0.05) is 31.5 Å². The molecule has 3 aliphatic rings. The lowest BCUT2D eigenvalue weighted by molar-refractivity contribution is -0.137. The summed E-state index contributed by atoms with van der Waals surface area (Å²) in [6.45, 7) is 4.04. The number of piperidine rings is 2. The maximum absolute atomic E-state index is 12.9. The van der Waals surface area contributed by atoms with Gasteiger partial charge in [-0.2, -0.15) is 0 Å². The van der Waals surface area contributed by atoms with E-state index in [9.17, 15) is 9.59 Å². The molecule has 2 amide bonds. The molecule has 1 unspecified atom stereocenters. The summed E-state index contributed by atoms with van der Waals surface area (Å²) in [5, 5.41) is 6.43. The van der Waals surface area contributed by atoms with Crippen LogP contribution in [0, 0.1) is 17.3 Å². The number of amides is 2. The number of nitrogens with one attached hydrogen (secondary N) is 2. The summed E-state index contributed by atoms with van der Waals surface area (Å²) >= 11 is 0. The van der Waals surface area contributed by atoms with Gasteiger partial charge in [0.1, 0.15) is 5.75 Å². The Morgan fingerprint density at radius 2 is 1.83 bits per heavy atom. The van der Waals surface area contributed by atoms with Crippen LogP contribution in [0.5, 0.6) is 5.75 Å². The molecule has 1 saturated carbocycles. The van der Waals surface area contributed by atoms with E-state index in [0.717, 1.165) is 56.5 Å². The quantitative estimate of drug-likeness (QED) is 0.765. The molecule has 1 aromatic rings. The molecule has 160 valence electrons. The fourth-order valence-electron chi connectivity index (χ4n) is 4.83. The largest absolute Gasteiger partial charge is 0.497 e. The summed E-state index contributed by atoms with van der Waals surface area (Å²) in [7, 11) is 1.64. The molecular formula is C22H32ClN3O3. The molecule has 2 saturated heterocycles. The van der Waals surface area contributed by atoms with Gasteiger partial charge in [0.25, 0.3) is 0 Å². The molecule has 2 N–H and O–H groups in total. The van der Waals surface area contributed by atoms with E-state index in [1.54, 1.807) is 7.11 Å². The number of likely N-dealkylation sites (tertiary alicyclic amines) is 1. The van der Waals surface area contributed by atoms with Crippen LogP contribution < -0.4 is 15.4 Å². The minimum Gasteiger partial charge on any atom is -0.497 e. The van der Waals surface area contributed by atoms with Gasteiger partial charge in [0.05, 0.1) is 7.11 Å². The van der Waals surface area contributed by atoms with Crippen molar-refractivity contribution in [2.75, 3.05) is 33.3 Å². The van der Waals surface area contributed by atoms with Gasteiger partial charge < -0.3 is 20.3 Å². The van der Waals surface area contributed by atoms with Crippen LogP contribution in [-0.4, -0.2) is 50.0 Å². The highest BCUT2D eigenvalue weighted by molar-refractivity contribution is 5.85. The minimum absolute atomic E-state index is 0. The van der Waals surface area contributed by atoms with E-state index in [0.29, 0.717) is 25.5 Å². The van der Waals surface area contributed by atoms with Gasteiger partial charge in [-0.25, -0.2) is 0 Å². The fraction of sp³-hybridized carbons (Fsp3) is 0.636. The average Bonchev–Trinajstić information content (AvgIpc) is 3.45. The highest BCUT2D eigenvalue weighted by Crippen LogP contribution is 2.59. The van der Waals surface area contributed by atoms with E-state index in [2.05, 4.69) is 10.6 Å². The standard InChI is InChI=1S/C22H31N3O3.ClH/c1-28-18-4-2-16(3-5-18)15-24-20(26)17-6-12-25(13-7-17)21(27)19-14-22(19)8-10-23-11-9-22;/h2-5,17,19,23H,6-15H2,1H3,(H,24,26);1H. The number of carbonyl (C=O) groups is 2. The summed E-state index contributed by atoms with van der Waals surface area (Å²) in [5.74, 6) is 1.49. The molecule has 7 heteroatoms. The van der Waals surface area contributed by atoms with Crippen LogP contribution in [0.1, 0.15) is 37.7 Å². The molecule has 1 spiro atoms. The number of carbonyl (C=O) groups excluding carboxylic acids is 2. The number of hydrogen-bond donors (Lipinski definition) is 2. The Kier molecular flexibility index (Phi) is 7.06. The molecule has 4 rings (SSSR count). The van der Waals surface area contributed by atoms with Crippen LogP contribution in [0.3, 0.4) is 0 Å². The molecule has 1 atom stereocenters. The lowest BCUT2D eigenvalue weighted by atomic mass is 9.90. The Labute approximate surface area is 179 Å². The third-order valence-electron chi connectivity index (χ3n) is 6.89. The van der Waals surface area contributed by atoms with E-state index in [-0.39, 0.29) is 35.6 Å². The van der Waals surface area contributed by atoms with Gasteiger partial charge in [-0.1, -0.05) is 12.1 Å². The Hall–Kier alpha value is -1.79. The third kappa shape index (κ3) is 4.86. The van der Waals surface area contributed by atoms with Crippen molar-refractivity contribution in [3.8, 4) is 5.75 Å². The van der Waals surface area contributed by atoms with Gasteiger partial charge in [-0.3, -0.25) is 9.59 Å². The zero-order valence-electron chi connectivity index (χ0n) is 17.1. The molecule has 29 heavy (non-hydrogen) atoms. The van der Waals surface area contributed by atoms with Gasteiger partial charge in [-0.05, 0) is 68.3 Å². The summed E-state index contributed by atoms with van der Waals surface area (Å²) < 4.78 is 5.15. The Morgan fingerprint density at radius 1 is 1.17 bits per heavy atom. The molecule has 1 aromatic carbocycles. The van der Waals surface area contributed by atoms with Crippen LogP contribution in [-0.2, 0) is 16.1 Å². The number of nitrogens with zero attached hydrogens (tertiary/aromatic N) is 1. The highest BCUT2D eigenvalue weighted by Gasteiger charge is 2.58. The van der Waals surface area contributed by atoms with Crippen molar-refractivity contribution in [2.24, 2.45) is 17.3 Å². The summed E-state index contributed by atoms with van der Waals surface area (Å²) in [4.78, 5) is 27.4. The summed E-state index contributed by atoms with van der Waals surface area (Å²) in [6, 6.07) is 7.73. The van der Waals surface area contributed by atoms with Crippen molar-refractivity contribution >= 4 is 24.2 Å². The van der Waals surface area contributed by atoms with E-state index >= 15 is 0 Å². The lowest BCUT2D eigenvalue weighted by Crippen LogP contribution is -2.44. The lowest BCUT2D eigenvalue weighted by Gasteiger charge is -2.32. The van der Waals surface area contributed by atoms with Gasteiger partial charge in [0.2, 0.25) is 11.8 Å². The third-order valence-corrected chi connectivity index (χ3v) is 6.89. The van der Waals surface area contributed by atoms with Crippen molar-refractivity contribution in [1.82, 2.24) is 15.5 Å². The smallest absolute Gasteiger partial charge is 0.226 e. The van der Waals surface area contributed by atoms with Gasteiger partial charge in [0.15, 0.2) is 0 Å². The van der Waals surface area contributed by atoms with E-state index in [4.69, 9.17) is 4.74 Å². The Morgan fingerprint density at radius 3 is 2.45 bits per heavy atom. The first-order valence-corrected chi connectivity index (χ1v) is 10.5. The SMILES string of the molecule is COc1ccc(CNC(=O)C2CCN(C(=O)C3CC34CCNCC4)CC2)cc1.Cl. The zero-order chi connectivity index (χ0) is 19.6. The second kappa shape index (κ2) is 9.35. The zero-order valence-corrected chi connectivity index (χ0v) is 17.9. The highest BCUT2D eigenvalue weighted by atomic mass is 35.5. The van der Waals surface area contributed by atoms with E-state index in [1.165, 1.54) is 0 Å². The number of hydrogen-bond acceptors (Lipinski definition) is 4. The van der Waals surface area contributed by atoms with Crippen LogP contribution >= 0.6 is 12.4 Å². The van der Waals surface area contributed by atoms with Gasteiger partial charge in [-0.15, -0.1) is 12.4 Å². The number of rotatable bonds is 5. The Bertz CT molecular complexity index is 711. The molecular weight excluding hydrogens is 390 g/mol. The van der Waals surface area contributed by atoms with Crippen LogP contribution in [0.15, 0.2) is 24.3 Å². The molecule has 3 fully saturated rings. The van der Waals surface area contributed by atoms with Crippen LogP contribution in [0.2, 0.25) is 0 Å². The van der Waals surface area contributed by atoms with Crippen molar-refractivity contribution in [1.29, 1.82) is 0 Å². The van der Waals surface area contributed by atoms with E-state index < -0.39 is 0 Å². The number of ether oxygens (including phenoxy) is 1. The maximum atomic E-state index is 12.9. The maximum Gasteiger partial charge on any atom is 0.226 e. The topological polar surface area (TPSA) is 70.7 Å². The first-order chi connectivity index (χ1) is 13.6. The predicted molar refractivity (Wildman–Crippen MR) is 114 cm³/mol. The fourth-order valence-corrected chi connectivity index (χ4v) is 4.83. The first-order valence-electron chi connectivity index (χ1n) is 10.5. The number of benzene rings is 1. The Balaban J connectivity index is 0.00000240. The monoisotopic (exact) mass is 421 g/mol. The molecule has 2 heterocycles. The molecule has 0 bridgehead atoms. The molecule has 6 nitrogen and oxygen atoms in total. The second-order valence-electron chi connectivity index (χ2n) is 8.53. The van der Waals surface area contributed by atoms with Crippen LogP contribution in [0.4, 0.5) is 0 Å². The van der Waals surface area contributed by atoms with Crippen molar-refractivity contribution in [2.45, 2.75) is 38.6 Å².